The van der Waals surface area contributed by atoms with Crippen LogP contribution in [-0.2, 0) is 9.47 Å². The Labute approximate surface area is 150 Å². The number of hydrogen-bond donors (Lipinski definition) is 0. The summed E-state index contributed by atoms with van der Waals surface area (Å²) in [6, 6.07) is 12.3. The van der Waals surface area contributed by atoms with Gasteiger partial charge in [0.25, 0.3) is 5.69 Å². The molecule has 0 unspecified atom stereocenters. The van der Waals surface area contributed by atoms with Gasteiger partial charge in [0.2, 0.25) is 0 Å². The Bertz CT molecular complexity index is 798. The number of carbonyl (C=O) groups excluding carboxylic acids is 1. The van der Waals surface area contributed by atoms with E-state index in [0.29, 0.717) is 30.1 Å². The molecule has 1 fully saturated rings. The highest BCUT2D eigenvalue weighted by atomic mass is 16.7. The summed E-state index contributed by atoms with van der Waals surface area (Å²) in [5.74, 6) is -0.172. The van der Waals surface area contributed by atoms with E-state index in [4.69, 9.17) is 14.2 Å². The Hall–Kier alpha value is -2.77. The molecule has 3 rings (SSSR count). The number of rotatable bonds is 6. The van der Waals surface area contributed by atoms with Crippen LogP contribution in [-0.4, -0.2) is 35.8 Å². The van der Waals surface area contributed by atoms with Crippen LogP contribution in [0.4, 0.5) is 5.69 Å². The summed E-state index contributed by atoms with van der Waals surface area (Å²) in [6.45, 7) is 4.54. The lowest BCUT2D eigenvalue weighted by Crippen LogP contribution is -2.25. The van der Waals surface area contributed by atoms with Crippen LogP contribution >= 0.6 is 0 Å². The van der Waals surface area contributed by atoms with Crippen molar-refractivity contribution >= 4 is 11.5 Å². The topological polar surface area (TPSA) is 87.9 Å². The van der Waals surface area contributed by atoms with E-state index in [0.717, 1.165) is 0 Å². The van der Waals surface area contributed by atoms with Crippen LogP contribution in [0, 0.1) is 10.1 Å². The van der Waals surface area contributed by atoms with Gasteiger partial charge in [-0.15, -0.1) is 0 Å². The lowest BCUT2D eigenvalue weighted by Gasteiger charge is -2.17. The normalized spacial score (nSPS) is 18.5. The van der Waals surface area contributed by atoms with Crippen molar-refractivity contribution in [3.05, 3.63) is 69.8 Å². The fourth-order valence-electron chi connectivity index (χ4n) is 2.64. The van der Waals surface area contributed by atoms with Crippen LogP contribution < -0.4 is 4.74 Å². The summed E-state index contributed by atoms with van der Waals surface area (Å²) in [4.78, 5) is 22.6. The van der Waals surface area contributed by atoms with E-state index in [1.54, 1.807) is 24.3 Å². The first-order valence-electron chi connectivity index (χ1n) is 8.18. The van der Waals surface area contributed by atoms with Gasteiger partial charge in [-0.05, 0) is 50.2 Å². The monoisotopic (exact) mass is 357 g/mol. The summed E-state index contributed by atoms with van der Waals surface area (Å²) in [7, 11) is 0. The fraction of sp³-hybridized carbons (Fsp3) is 0.316. The van der Waals surface area contributed by atoms with Crippen molar-refractivity contribution in [3.8, 4) is 5.75 Å². The highest BCUT2D eigenvalue weighted by Crippen LogP contribution is 2.23. The molecular formula is C19H19NO6. The Kier molecular flexibility index (Phi) is 5.01. The molecule has 1 aliphatic heterocycles. The molecule has 0 N–H and O–H groups in total. The smallest absolute Gasteiger partial charge is 0.269 e. The van der Waals surface area contributed by atoms with Gasteiger partial charge in [0.05, 0.1) is 11.5 Å². The van der Waals surface area contributed by atoms with Crippen molar-refractivity contribution in [1.82, 2.24) is 0 Å². The minimum absolute atomic E-state index is 0.0495. The average Bonchev–Trinajstić information content (AvgIpc) is 2.99. The predicted molar refractivity (Wildman–Crippen MR) is 93.4 cm³/mol. The number of hydrogen-bond acceptors (Lipinski definition) is 6. The van der Waals surface area contributed by atoms with Crippen molar-refractivity contribution < 1.29 is 23.9 Å². The maximum absolute atomic E-state index is 12.4. The van der Waals surface area contributed by atoms with Crippen LogP contribution in [0.25, 0.3) is 0 Å². The number of nitro benzene ring substituents is 1. The van der Waals surface area contributed by atoms with Crippen LogP contribution in [0.1, 0.15) is 29.8 Å². The molecule has 1 atom stereocenters. The second kappa shape index (κ2) is 7.23. The van der Waals surface area contributed by atoms with Crippen molar-refractivity contribution in [3.63, 3.8) is 0 Å². The standard InChI is InChI=1S/C19H19NO6/c1-19(2)25-12-17(26-19)11-24-16-9-5-14(6-10-16)18(21)13-3-7-15(8-4-13)20(22)23/h3-10,17H,11-12H2,1-2H3/t17-/m0/s1. The Morgan fingerprint density at radius 3 is 2.23 bits per heavy atom. The third-order valence-electron chi connectivity index (χ3n) is 3.96. The molecule has 26 heavy (non-hydrogen) atoms. The molecule has 2 aromatic rings. The van der Waals surface area contributed by atoms with Gasteiger partial charge in [0, 0.05) is 23.3 Å². The van der Waals surface area contributed by atoms with Crippen molar-refractivity contribution in [2.45, 2.75) is 25.7 Å². The average molecular weight is 357 g/mol. The van der Waals surface area contributed by atoms with E-state index in [9.17, 15) is 14.9 Å². The summed E-state index contributed by atoms with van der Waals surface area (Å²) in [5, 5.41) is 10.7. The van der Waals surface area contributed by atoms with Gasteiger partial charge in [-0.25, -0.2) is 0 Å². The van der Waals surface area contributed by atoms with Gasteiger partial charge in [0.1, 0.15) is 18.5 Å². The summed E-state index contributed by atoms with van der Waals surface area (Å²) in [5.41, 5.74) is 0.822. The Morgan fingerprint density at radius 1 is 1.15 bits per heavy atom. The molecule has 0 bridgehead atoms. The van der Waals surface area contributed by atoms with E-state index in [1.165, 1.54) is 24.3 Å². The Morgan fingerprint density at radius 2 is 1.73 bits per heavy atom. The number of benzene rings is 2. The molecule has 0 spiro atoms. The highest BCUT2D eigenvalue weighted by molar-refractivity contribution is 6.09. The van der Waals surface area contributed by atoms with Gasteiger partial charge < -0.3 is 14.2 Å². The van der Waals surface area contributed by atoms with E-state index in [-0.39, 0.29) is 17.6 Å². The first-order valence-corrected chi connectivity index (χ1v) is 8.18. The molecule has 1 aliphatic rings. The van der Waals surface area contributed by atoms with Gasteiger partial charge in [-0.2, -0.15) is 0 Å². The quantitative estimate of drug-likeness (QED) is 0.447. The van der Waals surface area contributed by atoms with Gasteiger partial charge in [-0.1, -0.05) is 0 Å². The van der Waals surface area contributed by atoms with Crippen LogP contribution in [0.15, 0.2) is 48.5 Å². The van der Waals surface area contributed by atoms with Crippen LogP contribution in [0.5, 0.6) is 5.75 Å². The molecule has 7 nitrogen and oxygen atoms in total. The van der Waals surface area contributed by atoms with E-state index < -0.39 is 10.7 Å². The molecule has 7 heteroatoms. The molecule has 0 radical (unpaired) electrons. The van der Waals surface area contributed by atoms with E-state index in [2.05, 4.69) is 0 Å². The van der Waals surface area contributed by atoms with Gasteiger partial charge in [-0.3, -0.25) is 14.9 Å². The zero-order valence-corrected chi connectivity index (χ0v) is 14.5. The SMILES string of the molecule is CC1(C)OC[C@H](COc2ccc(C(=O)c3ccc([N+](=O)[O-])cc3)cc2)O1. The summed E-state index contributed by atoms with van der Waals surface area (Å²) in [6.07, 6.45) is -0.133. The van der Waals surface area contributed by atoms with Gasteiger partial charge in [0.15, 0.2) is 11.6 Å². The zero-order valence-electron chi connectivity index (χ0n) is 14.5. The maximum Gasteiger partial charge on any atom is 0.269 e. The minimum atomic E-state index is -0.588. The first-order chi connectivity index (χ1) is 12.3. The lowest BCUT2D eigenvalue weighted by atomic mass is 10.0. The highest BCUT2D eigenvalue weighted by Gasteiger charge is 2.32. The molecular weight excluding hydrogens is 338 g/mol. The molecule has 2 aromatic carbocycles. The molecule has 0 aromatic heterocycles. The molecule has 136 valence electrons. The summed E-state index contributed by atoms with van der Waals surface area (Å²) >= 11 is 0. The fourth-order valence-corrected chi connectivity index (χ4v) is 2.64. The second-order valence-corrected chi connectivity index (χ2v) is 6.42. The Balaban J connectivity index is 1.60. The van der Waals surface area contributed by atoms with E-state index in [1.807, 2.05) is 13.8 Å². The number of carbonyl (C=O) groups is 1. The number of ether oxygens (including phenoxy) is 3. The summed E-state index contributed by atoms with van der Waals surface area (Å²) < 4.78 is 16.8. The lowest BCUT2D eigenvalue weighted by molar-refractivity contribution is -0.384. The first kappa shape index (κ1) is 18.0. The molecule has 1 saturated heterocycles. The molecule has 0 amide bonds. The van der Waals surface area contributed by atoms with Crippen molar-refractivity contribution in [2.24, 2.45) is 0 Å². The molecule has 0 saturated carbocycles. The second-order valence-electron chi connectivity index (χ2n) is 6.42. The number of nitrogens with zero attached hydrogens (tertiary/aromatic N) is 1. The van der Waals surface area contributed by atoms with E-state index >= 15 is 0 Å². The predicted octanol–water partition coefficient (Wildman–Crippen LogP) is 3.36. The minimum Gasteiger partial charge on any atom is -0.491 e. The van der Waals surface area contributed by atoms with Crippen LogP contribution in [0.2, 0.25) is 0 Å². The maximum atomic E-state index is 12.4. The van der Waals surface area contributed by atoms with Crippen LogP contribution in [0.3, 0.4) is 0 Å². The van der Waals surface area contributed by atoms with Gasteiger partial charge >= 0.3 is 0 Å². The third kappa shape index (κ3) is 4.25. The largest absolute Gasteiger partial charge is 0.491 e. The number of non-ortho nitro benzene ring substituents is 1. The molecule has 0 aliphatic carbocycles. The van der Waals surface area contributed by atoms with Crippen molar-refractivity contribution in [1.29, 1.82) is 0 Å². The molecule has 1 heterocycles. The third-order valence-corrected chi connectivity index (χ3v) is 3.96. The number of nitro groups is 1. The zero-order chi connectivity index (χ0) is 18.7. The number of ketones is 1. The van der Waals surface area contributed by atoms with Crippen molar-refractivity contribution in [2.75, 3.05) is 13.2 Å².